The molecule has 0 spiro atoms. The number of nitrogens with zero attached hydrogens (tertiary/aromatic N) is 2. The number of aromatic nitrogens is 2. The highest BCUT2D eigenvalue weighted by molar-refractivity contribution is 6.30. The molecule has 1 aromatic carbocycles. The predicted octanol–water partition coefficient (Wildman–Crippen LogP) is 2.72. The molecule has 0 radical (unpaired) electrons. The van der Waals surface area contributed by atoms with Gasteiger partial charge in [-0.1, -0.05) is 11.6 Å². The molecule has 1 unspecified atom stereocenters. The Morgan fingerprint density at radius 1 is 1.50 bits per heavy atom. The van der Waals surface area contributed by atoms with Gasteiger partial charge < -0.3 is 9.88 Å². The molecular formula is C13H15ClFN3. The molecule has 0 saturated heterocycles. The summed E-state index contributed by atoms with van der Waals surface area (Å²) in [7, 11) is 3.74. The highest BCUT2D eigenvalue weighted by atomic mass is 35.5. The Labute approximate surface area is 111 Å². The van der Waals surface area contributed by atoms with Crippen LogP contribution in [0.4, 0.5) is 4.39 Å². The van der Waals surface area contributed by atoms with Crippen molar-refractivity contribution in [2.24, 2.45) is 7.05 Å². The number of likely N-dealkylation sites (N-methyl/N-ethyl adjacent to an activating group) is 1. The van der Waals surface area contributed by atoms with Crippen LogP contribution in [0.5, 0.6) is 0 Å². The van der Waals surface area contributed by atoms with Gasteiger partial charge in [-0.3, -0.25) is 0 Å². The fraction of sp³-hybridized carbons (Fsp3) is 0.308. The van der Waals surface area contributed by atoms with Crippen molar-refractivity contribution in [3.05, 3.63) is 52.8 Å². The quantitative estimate of drug-likeness (QED) is 0.923. The molecular weight excluding hydrogens is 253 g/mol. The number of hydrogen-bond donors (Lipinski definition) is 1. The summed E-state index contributed by atoms with van der Waals surface area (Å²) in [6.07, 6.45) is 4.16. The van der Waals surface area contributed by atoms with Crippen molar-refractivity contribution in [2.75, 3.05) is 7.05 Å². The lowest BCUT2D eigenvalue weighted by atomic mass is 10.0. The summed E-state index contributed by atoms with van der Waals surface area (Å²) < 4.78 is 15.5. The van der Waals surface area contributed by atoms with E-state index in [2.05, 4.69) is 10.3 Å². The largest absolute Gasteiger partial charge is 0.340 e. The van der Waals surface area contributed by atoms with Gasteiger partial charge in [0.1, 0.15) is 5.82 Å². The Kier molecular flexibility index (Phi) is 3.99. The van der Waals surface area contributed by atoms with E-state index in [4.69, 9.17) is 11.6 Å². The lowest BCUT2D eigenvalue weighted by molar-refractivity contribution is 0.546. The molecule has 2 rings (SSSR count). The molecule has 1 heterocycles. The third-order valence-corrected chi connectivity index (χ3v) is 3.10. The Hall–Kier alpha value is -1.39. The van der Waals surface area contributed by atoms with Crippen molar-refractivity contribution in [2.45, 2.75) is 12.5 Å². The van der Waals surface area contributed by atoms with Gasteiger partial charge in [0.25, 0.3) is 0 Å². The van der Waals surface area contributed by atoms with Crippen LogP contribution in [0.2, 0.25) is 5.02 Å². The number of rotatable bonds is 4. The van der Waals surface area contributed by atoms with Crippen LogP contribution < -0.4 is 5.32 Å². The number of aryl methyl sites for hydroxylation is 1. The molecule has 96 valence electrons. The Balaban J connectivity index is 2.22. The molecule has 0 aliphatic heterocycles. The minimum atomic E-state index is -0.240. The standard InChI is InChI=1S/C13H15ClFN3/c1-16-12(13-7-18(2)8-17-13)6-9-5-10(14)3-4-11(9)15/h3-5,7-8,12,16H,6H2,1-2H3. The van der Waals surface area contributed by atoms with Gasteiger partial charge in [-0.25, -0.2) is 9.37 Å². The second-order valence-corrected chi connectivity index (χ2v) is 4.68. The molecule has 1 aromatic heterocycles. The first kappa shape index (κ1) is 13.1. The van der Waals surface area contributed by atoms with Crippen LogP contribution in [0.15, 0.2) is 30.7 Å². The van der Waals surface area contributed by atoms with Crippen molar-refractivity contribution in [1.82, 2.24) is 14.9 Å². The summed E-state index contributed by atoms with van der Waals surface area (Å²) >= 11 is 5.89. The summed E-state index contributed by atoms with van der Waals surface area (Å²) in [5.74, 6) is -0.240. The van der Waals surface area contributed by atoms with Crippen LogP contribution in [0.25, 0.3) is 0 Å². The summed E-state index contributed by atoms with van der Waals surface area (Å²) in [6, 6.07) is 4.57. The first-order valence-corrected chi connectivity index (χ1v) is 6.07. The van der Waals surface area contributed by atoms with Gasteiger partial charge in [-0.15, -0.1) is 0 Å². The predicted molar refractivity (Wildman–Crippen MR) is 70.1 cm³/mol. The first-order valence-electron chi connectivity index (χ1n) is 5.69. The lowest BCUT2D eigenvalue weighted by Gasteiger charge is -2.14. The van der Waals surface area contributed by atoms with Crippen molar-refractivity contribution in [1.29, 1.82) is 0 Å². The Morgan fingerprint density at radius 2 is 2.28 bits per heavy atom. The average Bonchev–Trinajstić information content (AvgIpc) is 2.77. The zero-order chi connectivity index (χ0) is 13.1. The minimum absolute atomic E-state index is 0.0285. The maximum absolute atomic E-state index is 13.7. The monoisotopic (exact) mass is 267 g/mol. The topological polar surface area (TPSA) is 29.9 Å². The summed E-state index contributed by atoms with van der Waals surface area (Å²) in [4.78, 5) is 4.28. The zero-order valence-electron chi connectivity index (χ0n) is 10.3. The normalized spacial score (nSPS) is 12.7. The van der Waals surface area contributed by atoms with E-state index >= 15 is 0 Å². The van der Waals surface area contributed by atoms with E-state index in [9.17, 15) is 4.39 Å². The zero-order valence-corrected chi connectivity index (χ0v) is 11.1. The van der Waals surface area contributed by atoms with Gasteiger partial charge in [-0.2, -0.15) is 0 Å². The maximum Gasteiger partial charge on any atom is 0.126 e. The highest BCUT2D eigenvalue weighted by Crippen LogP contribution is 2.21. The van der Waals surface area contributed by atoms with E-state index in [-0.39, 0.29) is 11.9 Å². The minimum Gasteiger partial charge on any atom is -0.340 e. The Morgan fingerprint density at radius 3 is 2.89 bits per heavy atom. The molecule has 0 aliphatic carbocycles. The molecule has 1 atom stereocenters. The number of imidazole rings is 1. The average molecular weight is 268 g/mol. The van der Waals surface area contributed by atoms with Crippen molar-refractivity contribution < 1.29 is 4.39 Å². The molecule has 0 fully saturated rings. The van der Waals surface area contributed by atoms with E-state index in [0.29, 0.717) is 17.0 Å². The van der Waals surface area contributed by atoms with E-state index in [1.54, 1.807) is 18.5 Å². The number of benzene rings is 1. The van der Waals surface area contributed by atoms with Crippen molar-refractivity contribution in [3.63, 3.8) is 0 Å². The molecule has 0 aliphatic rings. The lowest BCUT2D eigenvalue weighted by Crippen LogP contribution is -2.19. The molecule has 0 saturated carbocycles. The van der Waals surface area contributed by atoms with E-state index in [0.717, 1.165) is 5.69 Å². The fourth-order valence-electron chi connectivity index (χ4n) is 1.89. The summed E-state index contributed by atoms with van der Waals surface area (Å²) in [5, 5.41) is 3.69. The Bertz CT molecular complexity index is 539. The summed E-state index contributed by atoms with van der Waals surface area (Å²) in [6.45, 7) is 0. The van der Waals surface area contributed by atoms with Gasteiger partial charge >= 0.3 is 0 Å². The highest BCUT2D eigenvalue weighted by Gasteiger charge is 2.15. The van der Waals surface area contributed by atoms with Gasteiger partial charge in [0.05, 0.1) is 18.1 Å². The van der Waals surface area contributed by atoms with Crippen LogP contribution in [-0.2, 0) is 13.5 Å². The first-order chi connectivity index (χ1) is 8.60. The number of halogens is 2. The van der Waals surface area contributed by atoms with Crippen LogP contribution in [0.1, 0.15) is 17.3 Å². The van der Waals surface area contributed by atoms with Gasteiger partial charge in [0.2, 0.25) is 0 Å². The molecule has 0 amide bonds. The van der Waals surface area contributed by atoms with Crippen LogP contribution in [-0.4, -0.2) is 16.6 Å². The van der Waals surface area contributed by atoms with Crippen LogP contribution in [0, 0.1) is 5.82 Å². The summed E-state index contributed by atoms with van der Waals surface area (Å²) in [5.41, 5.74) is 1.48. The van der Waals surface area contributed by atoms with Crippen LogP contribution >= 0.6 is 11.6 Å². The molecule has 1 N–H and O–H groups in total. The molecule has 3 nitrogen and oxygen atoms in total. The second kappa shape index (κ2) is 5.50. The van der Waals surface area contributed by atoms with Crippen LogP contribution in [0.3, 0.4) is 0 Å². The van der Waals surface area contributed by atoms with Gasteiger partial charge in [0, 0.05) is 18.3 Å². The van der Waals surface area contributed by atoms with E-state index in [1.807, 2.05) is 24.9 Å². The number of nitrogens with one attached hydrogen (secondary N) is 1. The third-order valence-electron chi connectivity index (χ3n) is 2.86. The van der Waals surface area contributed by atoms with Gasteiger partial charge in [-0.05, 0) is 37.2 Å². The molecule has 5 heteroatoms. The molecule has 2 aromatic rings. The second-order valence-electron chi connectivity index (χ2n) is 4.25. The van der Waals surface area contributed by atoms with Crippen molar-refractivity contribution >= 4 is 11.6 Å². The maximum atomic E-state index is 13.7. The van der Waals surface area contributed by atoms with Crippen molar-refractivity contribution in [3.8, 4) is 0 Å². The van der Waals surface area contributed by atoms with E-state index < -0.39 is 0 Å². The number of hydrogen-bond acceptors (Lipinski definition) is 2. The SMILES string of the molecule is CNC(Cc1cc(Cl)ccc1F)c1cn(C)cn1. The fourth-order valence-corrected chi connectivity index (χ4v) is 2.08. The van der Waals surface area contributed by atoms with Gasteiger partial charge in [0.15, 0.2) is 0 Å². The third kappa shape index (κ3) is 2.89. The molecule has 0 bridgehead atoms. The molecule has 18 heavy (non-hydrogen) atoms. The smallest absolute Gasteiger partial charge is 0.126 e. The van der Waals surface area contributed by atoms with E-state index in [1.165, 1.54) is 6.07 Å².